The second-order valence-corrected chi connectivity index (χ2v) is 4.23. The van der Waals surface area contributed by atoms with Crippen LogP contribution in [0.2, 0.25) is 0 Å². The van der Waals surface area contributed by atoms with Crippen molar-refractivity contribution < 1.29 is 0 Å². The van der Waals surface area contributed by atoms with E-state index >= 15 is 0 Å². The van der Waals surface area contributed by atoms with Gasteiger partial charge in [0, 0.05) is 0 Å². The van der Waals surface area contributed by atoms with E-state index in [1.807, 2.05) is 0 Å². The van der Waals surface area contributed by atoms with Gasteiger partial charge >= 0.3 is 0 Å². The Balaban J connectivity index is 3.59. The van der Waals surface area contributed by atoms with Crippen molar-refractivity contribution in [3.8, 4) is 24.3 Å². The molecule has 7 heteroatoms. The average Bonchev–Trinajstić information content (AvgIpc) is 2.44. The van der Waals surface area contributed by atoms with Gasteiger partial charge in [0.25, 0.3) is 0 Å². The molecular weight excluding hydrogens is 242 g/mol. The number of nitriles is 4. The average molecular weight is 251 g/mol. The minimum absolute atomic E-state index is 0.0586. The molecule has 0 saturated heterocycles. The topological polar surface area (TPSA) is 134 Å². The number of nitrogens with zero attached hydrogens (tertiary/aromatic N) is 7. The molecule has 0 atom stereocenters. The summed E-state index contributed by atoms with van der Waals surface area (Å²) in [7, 11) is 0. The van der Waals surface area contributed by atoms with Crippen LogP contribution >= 0.6 is 0 Å². The van der Waals surface area contributed by atoms with E-state index in [0.717, 1.165) is 0 Å². The molecular formula is C12H9N7. The zero-order valence-corrected chi connectivity index (χ0v) is 10.6. The van der Waals surface area contributed by atoms with Crippen LogP contribution in [0.25, 0.3) is 0 Å². The molecule has 0 aliphatic heterocycles. The molecule has 0 radical (unpaired) electrons. The number of hydrogen-bond donors (Lipinski definition) is 0. The van der Waals surface area contributed by atoms with Crippen molar-refractivity contribution in [1.82, 2.24) is 15.0 Å². The fourth-order valence-electron chi connectivity index (χ4n) is 1.18. The van der Waals surface area contributed by atoms with Crippen LogP contribution in [0, 0.1) is 52.2 Å². The maximum Gasteiger partial charge on any atom is 0.200 e. The number of hydrogen-bond acceptors (Lipinski definition) is 7. The van der Waals surface area contributed by atoms with Gasteiger partial charge in [0.15, 0.2) is 22.5 Å². The van der Waals surface area contributed by atoms with Gasteiger partial charge in [0.2, 0.25) is 0 Å². The Bertz CT molecular complexity index is 594. The Morgan fingerprint density at radius 3 is 1.32 bits per heavy atom. The van der Waals surface area contributed by atoms with E-state index in [2.05, 4.69) is 15.0 Å². The second-order valence-electron chi connectivity index (χ2n) is 4.23. The molecule has 0 aliphatic carbocycles. The van der Waals surface area contributed by atoms with Gasteiger partial charge < -0.3 is 0 Å². The van der Waals surface area contributed by atoms with Crippen molar-refractivity contribution in [1.29, 1.82) is 21.0 Å². The molecule has 19 heavy (non-hydrogen) atoms. The monoisotopic (exact) mass is 251 g/mol. The summed E-state index contributed by atoms with van der Waals surface area (Å²) in [6.45, 7) is 4.27. The fourth-order valence-corrected chi connectivity index (χ4v) is 1.18. The second kappa shape index (κ2) is 4.69. The Kier molecular flexibility index (Phi) is 3.46. The van der Waals surface area contributed by atoms with Crippen LogP contribution in [-0.2, 0) is 10.8 Å². The molecule has 1 rings (SSSR count). The Morgan fingerprint density at radius 1 is 0.737 bits per heavy atom. The lowest BCUT2D eigenvalue weighted by molar-refractivity contribution is 0.632. The molecule has 0 aliphatic rings. The summed E-state index contributed by atoms with van der Waals surface area (Å²) in [5, 5.41) is 36.1. The van der Waals surface area contributed by atoms with Crippen LogP contribution in [0.1, 0.15) is 31.3 Å². The highest BCUT2D eigenvalue weighted by molar-refractivity contribution is 5.34. The zero-order valence-electron chi connectivity index (χ0n) is 10.6. The van der Waals surface area contributed by atoms with E-state index in [4.69, 9.17) is 21.0 Å². The van der Waals surface area contributed by atoms with Crippen LogP contribution in [0.3, 0.4) is 0 Å². The summed E-state index contributed by atoms with van der Waals surface area (Å²) >= 11 is 0. The summed E-state index contributed by atoms with van der Waals surface area (Å²) in [5.41, 5.74) is -3.09. The van der Waals surface area contributed by atoms with Crippen molar-refractivity contribution in [2.24, 2.45) is 0 Å². The Morgan fingerprint density at radius 2 is 1.05 bits per heavy atom. The molecule has 0 saturated carbocycles. The molecule has 0 amide bonds. The van der Waals surface area contributed by atoms with E-state index in [-0.39, 0.29) is 17.5 Å². The first-order valence-corrected chi connectivity index (χ1v) is 5.24. The van der Waals surface area contributed by atoms with Gasteiger partial charge in [-0.2, -0.15) is 21.0 Å². The molecule has 0 unspecified atom stereocenters. The molecule has 0 bridgehead atoms. The minimum atomic E-state index is -1.55. The largest absolute Gasteiger partial charge is 0.215 e. The maximum absolute atomic E-state index is 9.03. The van der Waals surface area contributed by atoms with Crippen LogP contribution in [0.5, 0.6) is 0 Å². The summed E-state index contributed by atoms with van der Waals surface area (Å²) in [6.07, 6.45) is 0. The SMILES string of the molecule is Cc1nc(C(C)(C#N)C#N)nc(C(C)(C#N)C#N)n1. The van der Waals surface area contributed by atoms with E-state index in [9.17, 15) is 0 Å². The standard InChI is InChI=1S/C12H9N7/c1-8-17-9(11(2,4-13)5-14)19-10(18-8)12(3,6-15)7-16/h1-3H3. The van der Waals surface area contributed by atoms with Gasteiger partial charge in [-0.25, -0.2) is 15.0 Å². The highest BCUT2D eigenvalue weighted by atomic mass is 15.0. The summed E-state index contributed by atoms with van der Waals surface area (Å²) in [5.74, 6) is 0.127. The highest BCUT2D eigenvalue weighted by Gasteiger charge is 2.35. The van der Waals surface area contributed by atoms with Crippen molar-refractivity contribution in [3.63, 3.8) is 0 Å². The van der Waals surface area contributed by atoms with Crippen LogP contribution in [0.15, 0.2) is 0 Å². The van der Waals surface area contributed by atoms with Crippen molar-refractivity contribution in [2.75, 3.05) is 0 Å². The summed E-state index contributed by atoms with van der Waals surface area (Å²) < 4.78 is 0. The van der Waals surface area contributed by atoms with Gasteiger partial charge in [-0.1, -0.05) is 0 Å². The normalized spacial score (nSPS) is 10.7. The van der Waals surface area contributed by atoms with Crippen molar-refractivity contribution >= 4 is 0 Å². The molecule has 1 aromatic heterocycles. The molecule has 92 valence electrons. The smallest absolute Gasteiger partial charge is 0.200 e. The highest BCUT2D eigenvalue weighted by Crippen LogP contribution is 2.23. The minimum Gasteiger partial charge on any atom is -0.215 e. The third-order valence-corrected chi connectivity index (χ3v) is 2.54. The summed E-state index contributed by atoms with van der Waals surface area (Å²) in [4.78, 5) is 11.8. The number of aromatic nitrogens is 3. The third kappa shape index (κ3) is 2.32. The van der Waals surface area contributed by atoms with Gasteiger partial charge in [0.1, 0.15) is 5.82 Å². The quantitative estimate of drug-likeness (QED) is 0.758. The summed E-state index contributed by atoms with van der Waals surface area (Å²) in [6, 6.07) is 7.23. The lowest BCUT2D eigenvalue weighted by atomic mass is 9.91. The van der Waals surface area contributed by atoms with Gasteiger partial charge in [-0.3, -0.25) is 0 Å². The van der Waals surface area contributed by atoms with E-state index < -0.39 is 10.8 Å². The molecule has 0 N–H and O–H groups in total. The first-order valence-electron chi connectivity index (χ1n) is 5.24. The van der Waals surface area contributed by atoms with Crippen LogP contribution in [-0.4, -0.2) is 15.0 Å². The molecule has 0 spiro atoms. The lowest BCUT2D eigenvalue weighted by Gasteiger charge is -2.15. The van der Waals surface area contributed by atoms with Crippen LogP contribution < -0.4 is 0 Å². The van der Waals surface area contributed by atoms with Crippen molar-refractivity contribution in [3.05, 3.63) is 17.5 Å². The lowest BCUT2D eigenvalue weighted by Crippen LogP contribution is -2.27. The Labute approximate surface area is 110 Å². The first kappa shape index (κ1) is 14.0. The Hall–Kier alpha value is -3.03. The predicted octanol–water partition coefficient (Wildman–Crippen LogP) is 0.790. The van der Waals surface area contributed by atoms with E-state index in [1.165, 1.54) is 13.8 Å². The van der Waals surface area contributed by atoms with Gasteiger partial charge in [-0.15, -0.1) is 0 Å². The van der Waals surface area contributed by atoms with Gasteiger partial charge in [-0.05, 0) is 20.8 Å². The molecule has 1 aromatic rings. The maximum atomic E-state index is 9.03. The molecule has 1 heterocycles. The van der Waals surface area contributed by atoms with Gasteiger partial charge in [0.05, 0.1) is 24.3 Å². The molecule has 7 nitrogen and oxygen atoms in total. The van der Waals surface area contributed by atoms with E-state index in [1.54, 1.807) is 31.2 Å². The first-order chi connectivity index (χ1) is 8.85. The number of aryl methyl sites for hydroxylation is 1. The van der Waals surface area contributed by atoms with Crippen LogP contribution in [0.4, 0.5) is 0 Å². The molecule has 0 aromatic carbocycles. The van der Waals surface area contributed by atoms with E-state index in [0.29, 0.717) is 0 Å². The zero-order chi connectivity index (χ0) is 14.7. The third-order valence-electron chi connectivity index (χ3n) is 2.54. The number of rotatable bonds is 2. The fraction of sp³-hybridized carbons (Fsp3) is 0.417. The van der Waals surface area contributed by atoms with Crippen molar-refractivity contribution in [2.45, 2.75) is 31.6 Å². The predicted molar refractivity (Wildman–Crippen MR) is 61.7 cm³/mol. The molecule has 0 fully saturated rings.